The van der Waals surface area contributed by atoms with Crippen molar-refractivity contribution in [2.45, 2.75) is 70.6 Å². The lowest BCUT2D eigenvalue weighted by atomic mass is 9.98. The summed E-state index contributed by atoms with van der Waals surface area (Å²) in [7, 11) is 4.14. The zero-order valence-corrected chi connectivity index (χ0v) is 26.0. The molecular formula is C33H46N6O4. The Hall–Kier alpha value is -3.79. The largest absolute Gasteiger partial charge is 0.436 e. The predicted molar refractivity (Wildman–Crippen MR) is 168 cm³/mol. The van der Waals surface area contributed by atoms with Gasteiger partial charge in [0.05, 0.1) is 0 Å². The van der Waals surface area contributed by atoms with Crippen LogP contribution in [0.3, 0.4) is 0 Å². The van der Waals surface area contributed by atoms with Crippen LogP contribution in [0.4, 0.5) is 21.0 Å². The van der Waals surface area contributed by atoms with E-state index in [-0.39, 0.29) is 18.0 Å². The molecule has 3 N–H and O–H groups in total. The van der Waals surface area contributed by atoms with Gasteiger partial charge in [-0.15, -0.1) is 0 Å². The van der Waals surface area contributed by atoms with Crippen LogP contribution in [-0.2, 0) is 22.4 Å². The number of carbonyl (C=O) groups is 3. The molecule has 10 nitrogen and oxygen atoms in total. The first-order chi connectivity index (χ1) is 20.6. The summed E-state index contributed by atoms with van der Waals surface area (Å²) >= 11 is 0. The van der Waals surface area contributed by atoms with Crippen molar-refractivity contribution in [3.05, 3.63) is 58.7 Å². The number of para-hydroxylation sites is 1. The Labute approximate surface area is 255 Å². The number of likely N-dealkylation sites (tertiary alicyclic amines) is 2. The van der Waals surface area contributed by atoms with Gasteiger partial charge in [0, 0.05) is 62.6 Å². The smallest absolute Gasteiger partial charge is 0.410 e. The number of anilines is 2. The van der Waals surface area contributed by atoms with Crippen LogP contribution < -0.4 is 11.1 Å². The molecule has 2 saturated heterocycles. The molecule has 2 fully saturated rings. The van der Waals surface area contributed by atoms with Gasteiger partial charge in [-0.1, -0.05) is 30.3 Å². The number of urea groups is 1. The molecular weight excluding hydrogens is 544 g/mol. The topological polar surface area (TPSA) is 111 Å². The number of hydrogen-bond donors (Lipinski definition) is 2. The molecule has 10 heteroatoms. The molecule has 2 aromatic carbocycles. The van der Waals surface area contributed by atoms with E-state index >= 15 is 0 Å². The lowest BCUT2D eigenvalue weighted by Gasteiger charge is -2.39. The number of benzene rings is 2. The fraction of sp³-hybridized carbons (Fsp3) is 0.545. The summed E-state index contributed by atoms with van der Waals surface area (Å²) in [6.07, 6.45) is 2.79. The van der Waals surface area contributed by atoms with E-state index in [0.29, 0.717) is 58.0 Å². The maximum absolute atomic E-state index is 13.8. The van der Waals surface area contributed by atoms with Crippen LogP contribution in [0.2, 0.25) is 0 Å². The third-order valence-corrected chi connectivity index (χ3v) is 9.40. The van der Waals surface area contributed by atoms with Crippen LogP contribution in [0.15, 0.2) is 36.4 Å². The van der Waals surface area contributed by atoms with Crippen molar-refractivity contribution in [3.63, 3.8) is 0 Å². The van der Waals surface area contributed by atoms with E-state index in [9.17, 15) is 14.4 Å². The van der Waals surface area contributed by atoms with Gasteiger partial charge in [-0.05, 0) is 88.4 Å². The number of amides is 4. The van der Waals surface area contributed by atoms with E-state index in [0.717, 1.165) is 52.9 Å². The molecule has 3 aliphatic heterocycles. The number of nitrogens with two attached hydrogens (primary N) is 1. The Morgan fingerprint density at radius 3 is 2.26 bits per heavy atom. The minimum atomic E-state index is -0.918. The van der Waals surface area contributed by atoms with Crippen molar-refractivity contribution in [2.24, 2.45) is 0 Å². The molecule has 1 atom stereocenters. The van der Waals surface area contributed by atoms with Crippen molar-refractivity contribution in [3.8, 4) is 0 Å². The molecule has 4 amide bonds. The summed E-state index contributed by atoms with van der Waals surface area (Å²) in [6.45, 7) is 6.76. The predicted octanol–water partition coefficient (Wildman–Crippen LogP) is 4.04. The Morgan fingerprint density at radius 1 is 0.977 bits per heavy atom. The van der Waals surface area contributed by atoms with E-state index in [4.69, 9.17) is 10.5 Å². The van der Waals surface area contributed by atoms with Crippen molar-refractivity contribution < 1.29 is 19.1 Å². The van der Waals surface area contributed by atoms with Gasteiger partial charge < -0.3 is 35.4 Å². The molecule has 0 radical (unpaired) electrons. The number of ether oxygens (including phenoxy) is 1. The molecule has 0 saturated carbocycles. The molecule has 0 aromatic heterocycles. The summed E-state index contributed by atoms with van der Waals surface area (Å²) < 4.78 is 6.02. The van der Waals surface area contributed by atoms with E-state index in [1.807, 2.05) is 60.0 Å². The van der Waals surface area contributed by atoms with Gasteiger partial charge in [-0.2, -0.15) is 0 Å². The van der Waals surface area contributed by atoms with Crippen LogP contribution >= 0.6 is 0 Å². The number of piperidine rings is 2. The van der Waals surface area contributed by atoms with Crippen molar-refractivity contribution in [1.29, 1.82) is 0 Å². The lowest BCUT2D eigenvalue weighted by Crippen LogP contribution is -2.52. The van der Waals surface area contributed by atoms with Crippen LogP contribution in [0.25, 0.3) is 0 Å². The second-order valence-corrected chi connectivity index (χ2v) is 12.5. The first kappa shape index (κ1) is 30.7. The highest BCUT2D eigenvalue weighted by Gasteiger charge is 2.35. The minimum absolute atomic E-state index is 0.0366. The summed E-state index contributed by atoms with van der Waals surface area (Å²) in [4.78, 5) is 47.9. The fourth-order valence-corrected chi connectivity index (χ4v) is 6.68. The minimum Gasteiger partial charge on any atom is -0.436 e. The monoisotopic (exact) mass is 590 g/mol. The summed E-state index contributed by atoms with van der Waals surface area (Å²) in [5, 5.41) is 3.05. The third kappa shape index (κ3) is 7.06. The Bertz CT molecular complexity index is 1310. The number of hydrogen-bond acceptors (Lipinski definition) is 6. The molecule has 0 bridgehead atoms. The van der Waals surface area contributed by atoms with Crippen molar-refractivity contribution in [2.75, 3.05) is 57.9 Å². The highest BCUT2D eigenvalue weighted by Crippen LogP contribution is 2.26. The number of nitrogens with zero attached hydrogens (tertiary/aromatic N) is 4. The van der Waals surface area contributed by atoms with Gasteiger partial charge in [-0.25, -0.2) is 9.59 Å². The normalized spacial score (nSPS) is 19.1. The number of carbonyl (C=O) groups excluding carboxylic acids is 3. The number of rotatable bonds is 6. The van der Waals surface area contributed by atoms with Gasteiger partial charge in [0.1, 0.15) is 0 Å². The van der Waals surface area contributed by atoms with Gasteiger partial charge in [0.25, 0.3) is 5.91 Å². The zero-order valence-electron chi connectivity index (χ0n) is 26.0. The molecule has 0 aliphatic carbocycles. The van der Waals surface area contributed by atoms with Crippen molar-refractivity contribution >= 4 is 29.4 Å². The number of fused-ring (bicyclic) bond motifs is 1. The van der Waals surface area contributed by atoms with E-state index in [1.165, 1.54) is 0 Å². The van der Waals surface area contributed by atoms with E-state index < -0.39 is 12.2 Å². The molecule has 3 aliphatic rings. The van der Waals surface area contributed by atoms with Crippen LogP contribution in [0.5, 0.6) is 0 Å². The Balaban J connectivity index is 1.23. The summed E-state index contributed by atoms with van der Waals surface area (Å²) in [6, 6.07) is 12.2. The van der Waals surface area contributed by atoms with Gasteiger partial charge in [0.15, 0.2) is 6.10 Å². The molecule has 5 rings (SSSR count). The Kier molecular flexibility index (Phi) is 9.44. The number of nitrogen functional groups attached to an aromatic ring is 1. The molecule has 1 unspecified atom stereocenters. The SMILES string of the molecule is Cc1cc(CC(OC(=O)N2CCC(N3CCc4ccccc4NC3=O)CC2)C(=O)N2CCC(N(C)C)CC2)cc(C)c1N. The number of nitrogens with one attached hydrogen (secondary N) is 1. The van der Waals surface area contributed by atoms with Crippen molar-refractivity contribution in [1.82, 2.24) is 19.6 Å². The average molecular weight is 591 g/mol. The quantitative estimate of drug-likeness (QED) is 0.492. The lowest BCUT2D eigenvalue weighted by molar-refractivity contribution is -0.142. The molecule has 43 heavy (non-hydrogen) atoms. The fourth-order valence-electron chi connectivity index (χ4n) is 6.68. The van der Waals surface area contributed by atoms with E-state index in [1.54, 1.807) is 4.90 Å². The standard InChI is InChI=1S/C33H46N6O4/c1-22-19-24(20-23(2)30(22)34)21-29(31(40)37-14-10-26(11-15-37)36(3)4)43-33(42)38-16-12-27(13-17-38)39-18-9-25-7-5-6-8-28(25)35-32(39)41/h5-8,19-20,26-27,29H,9-18,21,34H2,1-4H3,(H,35,41). The molecule has 0 spiro atoms. The molecule has 2 aromatic rings. The highest BCUT2D eigenvalue weighted by molar-refractivity contribution is 5.91. The maximum atomic E-state index is 13.8. The first-order valence-corrected chi connectivity index (χ1v) is 15.5. The first-order valence-electron chi connectivity index (χ1n) is 15.5. The summed E-state index contributed by atoms with van der Waals surface area (Å²) in [5.41, 5.74) is 11.7. The second-order valence-electron chi connectivity index (χ2n) is 12.5. The van der Waals surface area contributed by atoms with Gasteiger partial charge in [-0.3, -0.25) is 4.79 Å². The average Bonchev–Trinajstić information content (AvgIpc) is 3.17. The maximum Gasteiger partial charge on any atom is 0.410 e. The van der Waals surface area contributed by atoms with Gasteiger partial charge in [0.2, 0.25) is 0 Å². The third-order valence-electron chi connectivity index (χ3n) is 9.40. The molecule has 3 heterocycles. The summed E-state index contributed by atoms with van der Waals surface area (Å²) in [5.74, 6) is -0.145. The van der Waals surface area contributed by atoms with Crippen LogP contribution in [-0.4, -0.2) is 103 Å². The highest BCUT2D eigenvalue weighted by atomic mass is 16.6. The van der Waals surface area contributed by atoms with Crippen LogP contribution in [0, 0.1) is 13.8 Å². The van der Waals surface area contributed by atoms with Crippen LogP contribution in [0.1, 0.15) is 47.9 Å². The Morgan fingerprint density at radius 2 is 1.60 bits per heavy atom. The van der Waals surface area contributed by atoms with E-state index in [2.05, 4.69) is 24.3 Å². The number of aryl methyl sites for hydroxylation is 2. The van der Waals surface area contributed by atoms with Gasteiger partial charge >= 0.3 is 12.1 Å². The molecule has 232 valence electrons. The zero-order chi connectivity index (χ0) is 30.7. The second kappa shape index (κ2) is 13.2.